The second-order valence-electron chi connectivity index (χ2n) is 4.43. The van der Waals surface area contributed by atoms with Crippen LogP contribution < -0.4 is 11.5 Å². The number of thiophene rings is 1. The standard InChI is InChI=1S/C14H12N4O2S/c15-13(17-19)8-5-6-10-11(12(8)14(16)18-20)7-3-1-2-4-9(7)21-10/h1-6,19-20H,(H2,15,17)(H2,16,18). The first kappa shape index (κ1) is 13.2. The van der Waals surface area contributed by atoms with Crippen LogP contribution in [0.3, 0.4) is 0 Å². The van der Waals surface area contributed by atoms with Crippen molar-refractivity contribution < 1.29 is 10.4 Å². The van der Waals surface area contributed by atoms with Crippen molar-refractivity contribution in [3.63, 3.8) is 0 Å². The molecule has 106 valence electrons. The zero-order chi connectivity index (χ0) is 15.0. The van der Waals surface area contributed by atoms with E-state index in [0.717, 1.165) is 20.2 Å². The Bertz CT molecular complexity index is 899. The van der Waals surface area contributed by atoms with Gasteiger partial charge in [-0.25, -0.2) is 0 Å². The van der Waals surface area contributed by atoms with E-state index >= 15 is 0 Å². The molecule has 0 aliphatic carbocycles. The number of nitrogens with zero attached hydrogens (tertiary/aromatic N) is 2. The van der Waals surface area contributed by atoms with E-state index in [0.29, 0.717) is 11.1 Å². The monoisotopic (exact) mass is 300 g/mol. The van der Waals surface area contributed by atoms with E-state index < -0.39 is 0 Å². The molecule has 0 bridgehead atoms. The van der Waals surface area contributed by atoms with Crippen molar-refractivity contribution in [3.05, 3.63) is 47.5 Å². The van der Waals surface area contributed by atoms with Gasteiger partial charge < -0.3 is 21.9 Å². The molecule has 0 saturated heterocycles. The molecule has 1 aromatic heterocycles. The zero-order valence-electron chi connectivity index (χ0n) is 10.8. The van der Waals surface area contributed by atoms with Crippen LogP contribution in [0.1, 0.15) is 11.1 Å². The molecule has 6 nitrogen and oxygen atoms in total. The highest BCUT2D eigenvalue weighted by Gasteiger charge is 2.18. The lowest BCUT2D eigenvalue weighted by molar-refractivity contribution is 0.318. The molecule has 0 amide bonds. The Morgan fingerprint density at radius 2 is 1.62 bits per heavy atom. The fourth-order valence-corrected chi connectivity index (χ4v) is 3.51. The van der Waals surface area contributed by atoms with Crippen LogP contribution in [0.4, 0.5) is 0 Å². The van der Waals surface area contributed by atoms with E-state index in [-0.39, 0.29) is 11.7 Å². The Balaban J connectivity index is 2.54. The quantitative estimate of drug-likeness (QED) is 0.251. The van der Waals surface area contributed by atoms with Gasteiger partial charge in [-0.15, -0.1) is 11.3 Å². The summed E-state index contributed by atoms with van der Waals surface area (Å²) in [4.78, 5) is 0. The maximum absolute atomic E-state index is 9.06. The second-order valence-corrected chi connectivity index (χ2v) is 5.51. The summed E-state index contributed by atoms with van der Waals surface area (Å²) in [5.41, 5.74) is 12.4. The van der Waals surface area contributed by atoms with Crippen LogP contribution >= 0.6 is 11.3 Å². The molecule has 0 saturated carbocycles. The van der Waals surface area contributed by atoms with E-state index in [4.69, 9.17) is 21.9 Å². The third-order valence-electron chi connectivity index (χ3n) is 3.29. The number of nitrogens with two attached hydrogens (primary N) is 2. The molecule has 7 heteroatoms. The first-order valence-electron chi connectivity index (χ1n) is 6.07. The lowest BCUT2D eigenvalue weighted by Gasteiger charge is -2.09. The fourth-order valence-electron chi connectivity index (χ4n) is 2.40. The highest BCUT2D eigenvalue weighted by Crippen LogP contribution is 2.37. The van der Waals surface area contributed by atoms with Crippen molar-refractivity contribution in [2.75, 3.05) is 0 Å². The number of rotatable bonds is 2. The molecule has 2 aromatic carbocycles. The summed E-state index contributed by atoms with van der Waals surface area (Å²) in [7, 11) is 0. The predicted molar refractivity (Wildman–Crippen MR) is 84.4 cm³/mol. The molecule has 0 atom stereocenters. The van der Waals surface area contributed by atoms with Gasteiger partial charge in [0.05, 0.1) is 0 Å². The molecule has 0 aliphatic rings. The van der Waals surface area contributed by atoms with Crippen LogP contribution in [0.5, 0.6) is 0 Å². The molecule has 0 spiro atoms. The Labute approximate surface area is 123 Å². The third-order valence-corrected chi connectivity index (χ3v) is 4.43. The van der Waals surface area contributed by atoms with Gasteiger partial charge in [-0.1, -0.05) is 28.5 Å². The number of hydrogen-bond acceptors (Lipinski definition) is 5. The average Bonchev–Trinajstić information content (AvgIpc) is 2.91. The molecular formula is C14H12N4O2S. The van der Waals surface area contributed by atoms with Crippen molar-refractivity contribution in [1.82, 2.24) is 0 Å². The van der Waals surface area contributed by atoms with Crippen molar-refractivity contribution in [1.29, 1.82) is 0 Å². The molecule has 0 radical (unpaired) electrons. The van der Waals surface area contributed by atoms with E-state index in [9.17, 15) is 0 Å². The minimum Gasteiger partial charge on any atom is -0.409 e. The van der Waals surface area contributed by atoms with Gasteiger partial charge in [0.15, 0.2) is 11.7 Å². The molecule has 21 heavy (non-hydrogen) atoms. The van der Waals surface area contributed by atoms with Crippen molar-refractivity contribution >= 4 is 43.2 Å². The van der Waals surface area contributed by atoms with Gasteiger partial charge in [0.2, 0.25) is 0 Å². The minimum atomic E-state index is -0.0891. The smallest absolute Gasteiger partial charge is 0.171 e. The maximum atomic E-state index is 9.06. The Hall–Kier alpha value is -2.80. The topological polar surface area (TPSA) is 117 Å². The first-order chi connectivity index (χ1) is 10.2. The van der Waals surface area contributed by atoms with Gasteiger partial charge in [0.25, 0.3) is 0 Å². The fraction of sp³-hybridized carbons (Fsp3) is 0. The summed E-state index contributed by atoms with van der Waals surface area (Å²) in [6.07, 6.45) is 0. The number of oxime groups is 2. The zero-order valence-corrected chi connectivity index (χ0v) is 11.6. The van der Waals surface area contributed by atoms with Crippen LogP contribution in [0.2, 0.25) is 0 Å². The second kappa shape index (κ2) is 4.95. The Morgan fingerprint density at radius 1 is 0.905 bits per heavy atom. The summed E-state index contributed by atoms with van der Waals surface area (Å²) >= 11 is 1.60. The minimum absolute atomic E-state index is 0.0780. The lowest BCUT2D eigenvalue weighted by Crippen LogP contribution is -2.22. The SMILES string of the molecule is N/C(=N\O)c1ccc2sc3ccccc3c2c1/C(N)=N/O. The van der Waals surface area contributed by atoms with Crippen LogP contribution in [0.25, 0.3) is 20.2 Å². The predicted octanol–water partition coefficient (Wildman–Crippen LogP) is 2.24. The molecular weight excluding hydrogens is 288 g/mol. The molecule has 0 unspecified atom stereocenters. The van der Waals surface area contributed by atoms with Gasteiger partial charge in [-0.05, 0) is 18.2 Å². The van der Waals surface area contributed by atoms with Gasteiger partial charge in [0, 0.05) is 31.3 Å². The van der Waals surface area contributed by atoms with Gasteiger partial charge in [-0.2, -0.15) is 0 Å². The van der Waals surface area contributed by atoms with Crippen LogP contribution in [-0.4, -0.2) is 22.1 Å². The average molecular weight is 300 g/mol. The Morgan fingerprint density at radius 3 is 2.33 bits per heavy atom. The number of amidine groups is 2. The van der Waals surface area contributed by atoms with E-state index in [1.807, 2.05) is 30.3 Å². The van der Waals surface area contributed by atoms with Crippen LogP contribution in [0, 0.1) is 0 Å². The number of hydrogen-bond donors (Lipinski definition) is 4. The molecule has 3 aromatic rings. The maximum Gasteiger partial charge on any atom is 0.171 e. The van der Waals surface area contributed by atoms with Crippen LogP contribution in [-0.2, 0) is 0 Å². The summed E-state index contributed by atoms with van der Waals surface area (Å²) < 4.78 is 2.06. The molecule has 6 N–H and O–H groups in total. The van der Waals surface area contributed by atoms with E-state index in [1.54, 1.807) is 17.4 Å². The van der Waals surface area contributed by atoms with Gasteiger partial charge >= 0.3 is 0 Å². The molecule has 0 fully saturated rings. The van der Waals surface area contributed by atoms with Gasteiger partial charge in [0.1, 0.15) is 0 Å². The van der Waals surface area contributed by atoms with Crippen molar-refractivity contribution in [3.8, 4) is 0 Å². The number of fused-ring (bicyclic) bond motifs is 3. The highest BCUT2D eigenvalue weighted by molar-refractivity contribution is 7.25. The third kappa shape index (κ3) is 1.95. The molecule has 1 heterocycles. The number of benzene rings is 2. The first-order valence-corrected chi connectivity index (χ1v) is 6.89. The summed E-state index contributed by atoms with van der Waals surface area (Å²) in [6.45, 7) is 0. The summed E-state index contributed by atoms with van der Waals surface area (Å²) in [6, 6.07) is 11.4. The van der Waals surface area contributed by atoms with Crippen molar-refractivity contribution in [2.45, 2.75) is 0 Å². The molecule has 3 rings (SSSR count). The van der Waals surface area contributed by atoms with Crippen molar-refractivity contribution in [2.24, 2.45) is 21.8 Å². The largest absolute Gasteiger partial charge is 0.409 e. The van der Waals surface area contributed by atoms with E-state index in [2.05, 4.69) is 10.3 Å². The summed E-state index contributed by atoms with van der Waals surface area (Å²) in [5, 5.41) is 25.9. The van der Waals surface area contributed by atoms with Crippen LogP contribution in [0.15, 0.2) is 46.7 Å². The van der Waals surface area contributed by atoms with E-state index in [1.165, 1.54) is 0 Å². The summed E-state index contributed by atoms with van der Waals surface area (Å²) in [5.74, 6) is -0.167. The normalized spacial score (nSPS) is 13.1. The Kier molecular flexibility index (Phi) is 3.11. The highest BCUT2D eigenvalue weighted by atomic mass is 32.1. The molecule has 0 aliphatic heterocycles. The van der Waals surface area contributed by atoms with Gasteiger partial charge in [-0.3, -0.25) is 0 Å². The lowest BCUT2D eigenvalue weighted by atomic mass is 9.99.